The molecule has 6 aromatic carbocycles. The van der Waals surface area contributed by atoms with E-state index in [0.29, 0.717) is 0 Å². The maximum atomic E-state index is 3.98. The van der Waals surface area contributed by atoms with Crippen molar-refractivity contribution in [2.24, 2.45) is 0 Å². The first kappa shape index (κ1) is 30.0. The van der Waals surface area contributed by atoms with E-state index < -0.39 is 0 Å². The van der Waals surface area contributed by atoms with E-state index in [9.17, 15) is 0 Å². The molecular formula is C44H41NS. The summed E-state index contributed by atoms with van der Waals surface area (Å²) in [6.45, 7) is 13.8. The lowest BCUT2D eigenvalue weighted by molar-refractivity contribution is 0.569. The first-order valence-electron chi connectivity index (χ1n) is 16.2. The lowest BCUT2D eigenvalue weighted by atomic mass is 9.79. The highest BCUT2D eigenvalue weighted by atomic mass is 32.1. The van der Waals surface area contributed by atoms with Gasteiger partial charge in [0.15, 0.2) is 0 Å². The molecule has 0 radical (unpaired) electrons. The van der Waals surface area contributed by atoms with Gasteiger partial charge >= 0.3 is 0 Å². The van der Waals surface area contributed by atoms with Gasteiger partial charge in [-0.05, 0) is 68.5 Å². The molecule has 0 unspecified atom stereocenters. The summed E-state index contributed by atoms with van der Waals surface area (Å²) < 4.78 is 2.61. The molecule has 7 aromatic rings. The number of thiophene rings is 1. The second kappa shape index (κ2) is 11.6. The molecule has 46 heavy (non-hydrogen) atoms. The van der Waals surface area contributed by atoms with E-state index in [4.69, 9.17) is 0 Å². The molecule has 1 heterocycles. The van der Waals surface area contributed by atoms with Crippen LogP contribution in [0.1, 0.15) is 52.7 Å². The Morgan fingerprint density at radius 3 is 1.72 bits per heavy atom. The number of rotatable bonds is 5. The Bertz CT molecular complexity index is 2140. The zero-order valence-corrected chi connectivity index (χ0v) is 28.4. The summed E-state index contributed by atoms with van der Waals surface area (Å²) in [5.41, 5.74) is 12.4. The highest BCUT2D eigenvalue weighted by Gasteiger charge is 2.22. The number of hydrogen-bond donors (Lipinski definition) is 1. The molecule has 2 heteroatoms. The SMILES string of the molecule is CC(C)(C)c1cc(-c2cccc(Nc3c(-c4ccccc4)cc4c(sc5ccccc54)c3-c3ccccc3)c2)cc(C(C)(C)C)c1. The van der Waals surface area contributed by atoms with E-state index in [1.165, 1.54) is 64.7 Å². The van der Waals surface area contributed by atoms with Gasteiger partial charge in [0.05, 0.1) is 5.69 Å². The Morgan fingerprint density at radius 2 is 1.07 bits per heavy atom. The highest BCUT2D eigenvalue weighted by Crippen LogP contribution is 2.49. The molecule has 0 saturated carbocycles. The molecule has 0 aliphatic rings. The monoisotopic (exact) mass is 615 g/mol. The van der Waals surface area contributed by atoms with Crippen LogP contribution in [-0.2, 0) is 10.8 Å². The van der Waals surface area contributed by atoms with Gasteiger partial charge in [-0.1, -0.05) is 151 Å². The van der Waals surface area contributed by atoms with Crippen LogP contribution in [0.3, 0.4) is 0 Å². The average Bonchev–Trinajstić information content (AvgIpc) is 3.42. The smallest absolute Gasteiger partial charge is 0.0558 e. The molecule has 1 aromatic heterocycles. The molecule has 1 nitrogen and oxygen atoms in total. The van der Waals surface area contributed by atoms with Crippen molar-refractivity contribution in [3.8, 4) is 33.4 Å². The van der Waals surface area contributed by atoms with Crippen LogP contribution in [-0.4, -0.2) is 0 Å². The Hall–Kier alpha value is -4.66. The van der Waals surface area contributed by atoms with E-state index in [1.807, 2.05) is 11.3 Å². The second-order valence-corrected chi connectivity index (χ2v) is 15.4. The largest absolute Gasteiger partial charge is 0.354 e. The first-order chi connectivity index (χ1) is 22.1. The third-order valence-corrected chi connectivity index (χ3v) is 10.2. The van der Waals surface area contributed by atoms with Gasteiger partial charge < -0.3 is 5.32 Å². The number of hydrogen-bond acceptors (Lipinski definition) is 2. The van der Waals surface area contributed by atoms with Crippen LogP contribution in [0.15, 0.2) is 133 Å². The van der Waals surface area contributed by atoms with Crippen LogP contribution in [0.5, 0.6) is 0 Å². The molecule has 0 amide bonds. The molecule has 0 spiro atoms. The van der Waals surface area contributed by atoms with E-state index in [1.54, 1.807) is 0 Å². The third kappa shape index (κ3) is 5.74. The quantitative estimate of drug-likeness (QED) is 0.203. The van der Waals surface area contributed by atoms with Crippen LogP contribution in [0.25, 0.3) is 53.6 Å². The van der Waals surface area contributed by atoms with Crippen LogP contribution >= 0.6 is 11.3 Å². The second-order valence-electron chi connectivity index (χ2n) is 14.4. The van der Waals surface area contributed by atoms with Gasteiger partial charge in [-0.25, -0.2) is 0 Å². The van der Waals surface area contributed by atoms with Gasteiger partial charge in [-0.2, -0.15) is 0 Å². The predicted octanol–water partition coefficient (Wildman–Crippen LogP) is 13.4. The van der Waals surface area contributed by atoms with Crippen molar-refractivity contribution in [1.29, 1.82) is 0 Å². The van der Waals surface area contributed by atoms with Crippen molar-refractivity contribution in [1.82, 2.24) is 0 Å². The van der Waals surface area contributed by atoms with E-state index in [-0.39, 0.29) is 10.8 Å². The van der Waals surface area contributed by atoms with Crippen molar-refractivity contribution >= 4 is 42.9 Å². The molecule has 228 valence electrons. The zero-order valence-electron chi connectivity index (χ0n) is 27.6. The predicted molar refractivity (Wildman–Crippen MR) is 203 cm³/mol. The summed E-state index contributed by atoms with van der Waals surface area (Å²) in [5, 5.41) is 6.58. The topological polar surface area (TPSA) is 12.0 Å². The summed E-state index contributed by atoms with van der Waals surface area (Å²) >= 11 is 1.88. The third-order valence-electron chi connectivity index (χ3n) is 8.95. The van der Waals surface area contributed by atoms with Crippen LogP contribution in [0.2, 0.25) is 0 Å². The minimum absolute atomic E-state index is 0.0563. The number of nitrogens with one attached hydrogen (secondary N) is 1. The van der Waals surface area contributed by atoms with Gasteiger partial charge in [0.2, 0.25) is 0 Å². The maximum absolute atomic E-state index is 3.98. The lowest BCUT2D eigenvalue weighted by Gasteiger charge is -2.26. The van der Waals surface area contributed by atoms with Gasteiger partial charge in [-0.3, -0.25) is 0 Å². The van der Waals surface area contributed by atoms with Crippen molar-refractivity contribution in [3.63, 3.8) is 0 Å². The highest BCUT2D eigenvalue weighted by molar-refractivity contribution is 7.26. The molecule has 0 aliphatic carbocycles. The zero-order chi connectivity index (χ0) is 32.1. The van der Waals surface area contributed by atoms with Crippen LogP contribution in [0, 0.1) is 0 Å². The normalized spacial score (nSPS) is 12.1. The first-order valence-corrected chi connectivity index (χ1v) is 17.0. The van der Waals surface area contributed by atoms with Crippen molar-refractivity contribution in [2.45, 2.75) is 52.4 Å². The van der Waals surface area contributed by atoms with Crippen molar-refractivity contribution in [3.05, 3.63) is 145 Å². The molecule has 1 N–H and O–H groups in total. The Labute approximate surface area is 277 Å². The molecule has 7 rings (SSSR count). The summed E-state index contributed by atoms with van der Waals surface area (Å²) in [4.78, 5) is 0. The van der Waals surface area contributed by atoms with Crippen LogP contribution in [0.4, 0.5) is 11.4 Å². The molecule has 0 saturated heterocycles. The van der Waals surface area contributed by atoms with Crippen molar-refractivity contribution < 1.29 is 0 Å². The van der Waals surface area contributed by atoms with E-state index in [0.717, 1.165) is 11.4 Å². The van der Waals surface area contributed by atoms with Crippen LogP contribution < -0.4 is 5.32 Å². The average molecular weight is 616 g/mol. The summed E-state index contributed by atoms with van der Waals surface area (Å²) in [6, 6.07) is 48.9. The minimum atomic E-state index is 0.0563. The maximum Gasteiger partial charge on any atom is 0.0558 e. The molecule has 0 bridgehead atoms. The molecular weight excluding hydrogens is 575 g/mol. The number of benzene rings is 6. The molecule has 0 fully saturated rings. The standard InChI is InChI=1S/C44H41NS/c1-43(2,3)33-24-32(25-34(27-33)44(4,5)6)31-20-15-21-35(26-31)45-41-37(29-16-9-7-10-17-29)28-38-36-22-13-14-23-39(36)46-42(38)40(41)30-18-11-8-12-19-30/h7-28,45H,1-6H3. The fourth-order valence-electron chi connectivity index (χ4n) is 6.30. The van der Waals surface area contributed by atoms with Gasteiger partial charge in [0.1, 0.15) is 0 Å². The van der Waals surface area contributed by atoms with Gasteiger partial charge in [0, 0.05) is 37.0 Å². The Kier molecular flexibility index (Phi) is 7.57. The summed E-state index contributed by atoms with van der Waals surface area (Å²) in [5.74, 6) is 0. The van der Waals surface area contributed by atoms with Crippen molar-refractivity contribution in [2.75, 3.05) is 5.32 Å². The van der Waals surface area contributed by atoms with Gasteiger partial charge in [-0.15, -0.1) is 11.3 Å². The van der Waals surface area contributed by atoms with E-state index in [2.05, 4.69) is 180 Å². The van der Waals surface area contributed by atoms with E-state index >= 15 is 0 Å². The summed E-state index contributed by atoms with van der Waals surface area (Å²) in [6.07, 6.45) is 0. The number of fused-ring (bicyclic) bond motifs is 3. The number of anilines is 2. The molecule has 0 atom stereocenters. The van der Waals surface area contributed by atoms with Gasteiger partial charge in [0.25, 0.3) is 0 Å². The minimum Gasteiger partial charge on any atom is -0.354 e. The Morgan fingerprint density at radius 1 is 0.478 bits per heavy atom. The summed E-state index contributed by atoms with van der Waals surface area (Å²) in [7, 11) is 0. The lowest BCUT2D eigenvalue weighted by Crippen LogP contribution is -2.16. The molecule has 0 aliphatic heterocycles. The Balaban J connectivity index is 1.45. The fraction of sp³-hybridized carbons (Fsp3) is 0.182. The fourth-order valence-corrected chi connectivity index (χ4v) is 7.55.